The molecule has 1 spiro atoms. The van der Waals surface area contributed by atoms with Gasteiger partial charge in [-0.15, -0.1) is 0 Å². The highest BCUT2D eigenvalue weighted by Gasteiger charge is 2.42. The molecule has 3 fully saturated rings. The fourth-order valence-corrected chi connectivity index (χ4v) is 5.35. The molecule has 0 bridgehead atoms. The molecule has 1 atom stereocenters. The van der Waals surface area contributed by atoms with E-state index in [0.717, 1.165) is 25.4 Å². The van der Waals surface area contributed by atoms with Gasteiger partial charge in [0.1, 0.15) is 6.26 Å². The predicted octanol–water partition coefficient (Wildman–Crippen LogP) is 4.18. The van der Waals surface area contributed by atoms with Crippen molar-refractivity contribution >= 4 is 5.91 Å². The van der Waals surface area contributed by atoms with Crippen molar-refractivity contribution in [3.8, 4) is 0 Å². The Morgan fingerprint density at radius 2 is 2.00 bits per heavy atom. The molecule has 1 aromatic rings. The van der Waals surface area contributed by atoms with Crippen molar-refractivity contribution in [2.75, 3.05) is 32.7 Å². The first-order chi connectivity index (χ1) is 12.2. The Kier molecular flexibility index (Phi) is 5.16. The van der Waals surface area contributed by atoms with Crippen molar-refractivity contribution in [3.05, 3.63) is 24.2 Å². The molecule has 1 saturated carbocycles. The van der Waals surface area contributed by atoms with E-state index in [4.69, 9.17) is 4.42 Å². The molecule has 1 aliphatic carbocycles. The van der Waals surface area contributed by atoms with Crippen LogP contribution in [-0.4, -0.2) is 48.4 Å². The van der Waals surface area contributed by atoms with Crippen molar-refractivity contribution in [1.29, 1.82) is 0 Å². The molecule has 138 valence electrons. The molecule has 3 aliphatic rings. The second kappa shape index (κ2) is 7.53. The predicted molar refractivity (Wildman–Crippen MR) is 98.5 cm³/mol. The minimum absolute atomic E-state index is 0.143. The van der Waals surface area contributed by atoms with Gasteiger partial charge in [0.2, 0.25) is 0 Å². The van der Waals surface area contributed by atoms with Gasteiger partial charge in [-0.25, -0.2) is 0 Å². The number of carbonyl (C=O) groups is 1. The average Bonchev–Trinajstić information content (AvgIpc) is 3.31. The third-order valence-electron chi connectivity index (χ3n) is 6.81. The van der Waals surface area contributed by atoms with Gasteiger partial charge in [-0.2, -0.15) is 0 Å². The summed E-state index contributed by atoms with van der Waals surface area (Å²) in [7, 11) is 0. The third kappa shape index (κ3) is 3.94. The van der Waals surface area contributed by atoms with E-state index < -0.39 is 0 Å². The lowest BCUT2D eigenvalue weighted by Crippen LogP contribution is -2.45. The Balaban J connectivity index is 1.30. The van der Waals surface area contributed by atoms with Gasteiger partial charge in [0.25, 0.3) is 5.91 Å². The molecule has 4 nitrogen and oxygen atoms in total. The number of piperidine rings is 1. The van der Waals surface area contributed by atoms with Gasteiger partial charge in [0, 0.05) is 25.0 Å². The van der Waals surface area contributed by atoms with Crippen LogP contribution < -0.4 is 0 Å². The van der Waals surface area contributed by atoms with E-state index in [2.05, 4.69) is 9.80 Å². The van der Waals surface area contributed by atoms with Crippen molar-refractivity contribution in [2.24, 2.45) is 11.3 Å². The second-order valence-corrected chi connectivity index (χ2v) is 8.66. The largest absolute Gasteiger partial charge is 0.472 e. The smallest absolute Gasteiger partial charge is 0.257 e. The van der Waals surface area contributed by atoms with Crippen LogP contribution in [0, 0.1) is 11.3 Å². The molecule has 1 aromatic heterocycles. The first-order valence-electron chi connectivity index (χ1n) is 10.3. The normalized spacial score (nSPS) is 28.7. The van der Waals surface area contributed by atoms with Crippen LogP contribution in [0.15, 0.2) is 23.0 Å². The molecule has 25 heavy (non-hydrogen) atoms. The van der Waals surface area contributed by atoms with Gasteiger partial charge >= 0.3 is 0 Å². The van der Waals surface area contributed by atoms with Crippen LogP contribution in [-0.2, 0) is 0 Å². The third-order valence-corrected chi connectivity index (χ3v) is 6.81. The minimum Gasteiger partial charge on any atom is -0.472 e. The van der Waals surface area contributed by atoms with Crippen LogP contribution in [0.25, 0.3) is 0 Å². The van der Waals surface area contributed by atoms with Crippen LogP contribution in [0.2, 0.25) is 0 Å². The summed E-state index contributed by atoms with van der Waals surface area (Å²) in [6.45, 7) is 5.54. The quantitative estimate of drug-likeness (QED) is 0.822. The van der Waals surface area contributed by atoms with Crippen LogP contribution in [0.5, 0.6) is 0 Å². The highest BCUT2D eigenvalue weighted by atomic mass is 16.3. The molecule has 2 aliphatic heterocycles. The van der Waals surface area contributed by atoms with Crippen LogP contribution in [0.3, 0.4) is 0 Å². The second-order valence-electron chi connectivity index (χ2n) is 8.66. The summed E-state index contributed by atoms with van der Waals surface area (Å²) in [6, 6.07) is 1.78. The molecule has 0 N–H and O–H groups in total. The average molecular weight is 344 g/mol. The number of hydrogen-bond donors (Lipinski definition) is 0. The lowest BCUT2D eigenvalue weighted by molar-refractivity contribution is 0.0673. The standard InChI is InChI=1S/C21H32N2O2/c24-20(19-8-14-25-15-19)23-13-10-21(17-23)9-4-11-22(16-21)12-7-18-5-2-1-3-6-18/h8,14-15,18H,1-7,9-13,16-17H2. The van der Waals surface area contributed by atoms with Crippen LogP contribution in [0.1, 0.15) is 68.1 Å². The number of rotatable bonds is 4. The molecule has 1 amide bonds. The number of likely N-dealkylation sites (tertiary alicyclic amines) is 2. The molecule has 0 aromatic carbocycles. The fraction of sp³-hybridized carbons (Fsp3) is 0.762. The summed E-state index contributed by atoms with van der Waals surface area (Å²) >= 11 is 0. The fourth-order valence-electron chi connectivity index (χ4n) is 5.35. The number of amides is 1. The van der Waals surface area contributed by atoms with Gasteiger partial charge in [0.15, 0.2) is 0 Å². The number of hydrogen-bond acceptors (Lipinski definition) is 3. The lowest BCUT2D eigenvalue weighted by Gasteiger charge is -2.41. The van der Waals surface area contributed by atoms with E-state index in [1.165, 1.54) is 71.0 Å². The summed E-state index contributed by atoms with van der Waals surface area (Å²) in [4.78, 5) is 17.3. The van der Waals surface area contributed by atoms with Crippen molar-refractivity contribution in [2.45, 2.75) is 57.8 Å². The van der Waals surface area contributed by atoms with Crippen LogP contribution in [0.4, 0.5) is 0 Å². The molecule has 0 radical (unpaired) electrons. The van der Waals surface area contributed by atoms with E-state index in [1.54, 1.807) is 18.6 Å². The van der Waals surface area contributed by atoms with E-state index in [1.807, 2.05) is 0 Å². The van der Waals surface area contributed by atoms with Gasteiger partial charge in [-0.3, -0.25) is 4.79 Å². The summed E-state index contributed by atoms with van der Waals surface area (Å²) in [5, 5.41) is 0. The van der Waals surface area contributed by atoms with E-state index >= 15 is 0 Å². The summed E-state index contributed by atoms with van der Waals surface area (Å²) in [5.41, 5.74) is 1.03. The highest BCUT2D eigenvalue weighted by Crippen LogP contribution is 2.39. The van der Waals surface area contributed by atoms with Crippen molar-refractivity contribution in [3.63, 3.8) is 0 Å². The maximum Gasteiger partial charge on any atom is 0.257 e. The summed E-state index contributed by atoms with van der Waals surface area (Å²) < 4.78 is 5.08. The molecular weight excluding hydrogens is 312 g/mol. The molecule has 3 heterocycles. The Bertz CT molecular complexity index is 564. The first kappa shape index (κ1) is 17.1. The zero-order chi connectivity index (χ0) is 17.1. The lowest BCUT2D eigenvalue weighted by atomic mass is 9.79. The number of carbonyl (C=O) groups excluding carboxylic acids is 1. The monoisotopic (exact) mass is 344 g/mol. The van der Waals surface area contributed by atoms with Gasteiger partial charge in [-0.1, -0.05) is 32.1 Å². The van der Waals surface area contributed by atoms with E-state index in [9.17, 15) is 4.79 Å². The summed E-state index contributed by atoms with van der Waals surface area (Å²) in [6.07, 6.45) is 15.5. The topological polar surface area (TPSA) is 36.7 Å². The van der Waals surface area contributed by atoms with Gasteiger partial charge < -0.3 is 14.2 Å². The maximum absolute atomic E-state index is 12.6. The number of nitrogens with zero attached hydrogens (tertiary/aromatic N) is 2. The highest BCUT2D eigenvalue weighted by molar-refractivity contribution is 5.94. The molecular formula is C21H32N2O2. The SMILES string of the molecule is O=C(c1ccoc1)N1CCC2(CCCN(CCC3CCCCC3)C2)C1. The Labute approximate surface area is 151 Å². The van der Waals surface area contributed by atoms with Crippen molar-refractivity contribution in [1.82, 2.24) is 9.80 Å². The Hall–Kier alpha value is -1.29. The van der Waals surface area contributed by atoms with Gasteiger partial charge in [-0.05, 0) is 50.8 Å². The summed E-state index contributed by atoms with van der Waals surface area (Å²) in [5.74, 6) is 1.11. The maximum atomic E-state index is 12.6. The Morgan fingerprint density at radius 1 is 1.12 bits per heavy atom. The first-order valence-corrected chi connectivity index (χ1v) is 10.3. The number of furan rings is 1. The molecule has 1 unspecified atom stereocenters. The van der Waals surface area contributed by atoms with Crippen molar-refractivity contribution < 1.29 is 9.21 Å². The zero-order valence-electron chi connectivity index (χ0n) is 15.4. The molecule has 4 rings (SSSR count). The van der Waals surface area contributed by atoms with E-state index in [0.29, 0.717) is 11.0 Å². The van der Waals surface area contributed by atoms with E-state index in [-0.39, 0.29) is 5.91 Å². The van der Waals surface area contributed by atoms with Crippen LogP contribution >= 0.6 is 0 Å². The van der Waals surface area contributed by atoms with Gasteiger partial charge in [0.05, 0.1) is 11.8 Å². The minimum atomic E-state index is 0.143. The Morgan fingerprint density at radius 3 is 2.80 bits per heavy atom. The zero-order valence-corrected chi connectivity index (χ0v) is 15.4. The molecule has 2 saturated heterocycles. The molecule has 4 heteroatoms.